The smallest absolute Gasteiger partial charge is 0.227 e. The van der Waals surface area contributed by atoms with Gasteiger partial charge < -0.3 is 14.3 Å². The van der Waals surface area contributed by atoms with Gasteiger partial charge in [-0.1, -0.05) is 46.8 Å². The Morgan fingerprint density at radius 3 is 2.86 bits per heavy atom. The summed E-state index contributed by atoms with van der Waals surface area (Å²) in [5.74, 6) is 0.160. The maximum atomic E-state index is 14.1. The Bertz CT molecular complexity index is 1180. The van der Waals surface area contributed by atoms with Crippen LogP contribution in [0.3, 0.4) is 0 Å². The minimum atomic E-state index is -0.570. The molecule has 0 N–H and O–H groups in total. The molecule has 0 amide bonds. The molecule has 6 nitrogen and oxygen atoms in total. The third-order valence-corrected chi connectivity index (χ3v) is 4.85. The van der Waals surface area contributed by atoms with Gasteiger partial charge in [0.15, 0.2) is 0 Å². The lowest BCUT2D eigenvalue weighted by Gasteiger charge is -2.28. The van der Waals surface area contributed by atoms with Crippen molar-refractivity contribution in [1.29, 1.82) is 0 Å². The van der Waals surface area contributed by atoms with Gasteiger partial charge >= 0.3 is 0 Å². The first-order valence-electron chi connectivity index (χ1n) is 8.96. The van der Waals surface area contributed by atoms with Crippen LogP contribution in [0.1, 0.15) is 23.0 Å². The normalized spacial score (nSPS) is 15.7. The Kier molecular flexibility index (Phi) is 4.54. The van der Waals surface area contributed by atoms with Gasteiger partial charge in [0.1, 0.15) is 29.2 Å². The van der Waals surface area contributed by atoms with E-state index in [1.807, 2.05) is 30.3 Å². The maximum Gasteiger partial charge on any atom is 0.227 e. The molecule has 1 aromatic heterocycles. The lowest BCUT2D eigenvalue weighted by atomic mass is 10.1. The van der Waals surface area contributed by atoms with E-state index in [4.69, 9.17) is 25.9 Å². The Morgan fingerprint density at radius 1 is 1.14 bits per heavy atom. The summed E-state index contributed by atoms with van der Waals surface area (Å²) in [6, 6.07) is 17.5. The van der Waals surface area contributed by atoms with Crippen LogP contribution in [0.25, 0.3) is 11.0 Å². The van der Waals surface area contributed by atoms with Gasteiger partial charge in [-0.3, -0.25) is 0 Å². The number of halogens is 2. The summed E-state index contributed by atoms with van der Waals surface area (Å²) in [5.41, 5.74) is 3.32. The molecule has 0 bridgehead atoms. The SMILES string of the molecule is Fc1cc2c(c(COn3nnc4ccc(Cl)cc43)c1)O[C@@H](c1ccccc1)OC2. The second kappa shape index (κ2) is 7.35. The molecule has 29 heavy (non-hydrogen) atoms. The predicted molar refractivity (Wildman–Crippen MR) is 104 cm³/mol. The van der Waals surface area contributed by atoms with Crippen LogP contribution in [0, 0.1) is 5.82 Å². The predicted octanol–water partition coefficient (Wildman–Crippen LogP) is 4.46. The van der Waals surface area contributed by atoms with Gasteiger partial charge in [0.2, 0.25) is 6.29 Å². The third kappa shape index (κ3) is 3.50. The van der Waals surface area contributed by atoms with Crippen LogP contribution < -0.4 is 9.57 Å². The molecule has 1 atom stereocenters. The van der Waals surface area contributed by atoms with Crippen molar-refractivity contribution in [2.24, 2.45) is 0 Å². The topological polar surface area (TPSA) is 58.4 Å². The Hall–Kier alpha value is -3.16. The van der Waals surface area contributed by atoms with E-state index in [9.17, 15) is 4.39 Å². The lowest BCUT2D eigenvalue weighted by molar-refractivity contribution is -0.112. The summed E-state index contributed by atoms with van der Waals surface area (Å²) in [5, 5.41) is 8.55. The average Bonchev–Trinajstić information content (AvgIpc) is 3.14. The van der Waals surface area contributed by atoms with Gasteiger partial charge in [0.25, 0.3) is 0 Å². The fourth-order valence-corrected chi connectivity index (χ4v) is 3.42. The first-order chi connectivity index (χ1) is 14.2. The molecule has 0 spiro atoms. The molecular formula is C21H15ClFN3O3. The molecular weight excluding hydrogens is 397 g/mol. The number of ether oxygens (including phenoxy) is 2. The molecule has 0 saturated heterocycles. The van der Waals surface area contributed by atoms with Crippen molar-refractivity contribution in [3.05, 3.63) is 88.2 Å². The van der Waals surface area contributed by atoms with E-state index in [-0.39, 0.29) is 19.0 Å². The number of aromatic nitrogens is 3. The van der Waals surface area contributed by atoms with Crippen LogP contribution >= 0.6 is 11.6 Å². The monoisotopic (exact) mass is 411 g/mol. The number of rotatable bonds is 4. The summed E-state index contributed by atoms with van der Waals surface area (Å²) >= 11 is 6.05. The van der Waals surface area contributed by atoms with Gasteiger partial charge in [-0.25, -0.2) is 4.39 Å². The minimum Gasteiger partial charge on any atom is -0.460 e. The highest BCUT2D eigenvalue weighted by Crippen LogP contribution is 2.36. The zero-order valence-electron chi connectivity index (χ0n) is 15.1. The van der Waals surface area contributed by atoms with E-state index < -0.39 is 6.29 Å². The molecule has 5 rings (SSSR count). The van der Waals surface area contributed by atoms with Crippen molar-refractivity contribution >= 4 is 22.6 Å². The molecule has 146 valence electrons. The maximum absolute atomic E-state index is 14.1. The van der Waals surface area contributed by atoms with Crippen LogP contribution in [-0.2, 0) is 18.0 Å². The summed E-state index contributed by atoms with van der Waals surface area (Å²) in [6.07, 6.45) is -0.570. The fraction of sp³-hybridized carbons (Fsp3) is 0.143. The van der Waals surface area contributed by atoms with Gasteiger partial charge in [0, 0.05) is 21.7 Å². The number of nitrogens with zero attached hydrogens (tertiary/aromatic N) is 3. The van der Waals surface area contributed by atoms with Crippen LogP contribution in [0.5, 0.6) is 5.75 Å². The van der Waals surface area contributed by atoms with Crippen molar-refractivity contribution in [2.75, 3.05) is 0 Å². The molecule has 0 fully saturated rings. The van der Waals surface area contributed by atoms with E-state index in [0.29, 0.717) is 32.9 Å². The van der Waals surface area contributed by atoms with Crippen molar-refractivity contribution in [2.45, 2.75) is 19.5 Å². The van der Waals surface area contributed by atoms with Gasteiger partial charge in [-0.2, -0.15) is 0 Å². The molecule has 0 aliphatic carbocycles. The standard InChI is InChI=1S/C21H15ClFN3O3/c22-16-6-7-18-19(10-16)26(25-24-18)28-12-15-9-17(23)8-14-11-27-21(29-20(14)15)13-4-2-1-3-5-13/h1-10,21H,11-12H2/t21-/m0/s1. The van der Waals surface area contributed by atoms with Crippen LogP contribution in [0.15, 0.2) is 60.7 Å². The second-order valence-electron chi connectivity index (χ2n) is 6.59. The number of fused-ring (bicyclic) bond motifs is 2. The number of benzene rings is 3. The molecule has 0 unspecified atom stereocenters. The van der Waals surface area contributed by atoms with Crippen molar-refractivity contribution in [3.63, 3.8) is 0 Å². The lowest BCUT2D eigenvalue weighted by Crippen LogP contribution is -2.21. The minimum absolute atomic E-state index is 0.0343. The van der Waals surface area contributed by atoms with Crippen molar-refractivity contribution in [3.8, 4) is 5.75 Å². The average molecular weight is 412 g/mol. The van der Waals surface area contributed by atoms with Crippen LogP contribution in [0.4, 0.5) is 4.39 Å². The van der Waals surface area contributed by atoms with E-state index in [1.54, 1.807) is 18.2 Å². The van der Waals surface area contributed by atoms with Crippen molar-refractivity contribution < 1.29 is 18.7 Å². The Balaban J connectivity index is 1.43. The zero-order chi connectivity index (χ0) is 19.8. The van der Waals surface area contributed by atoms with E-state index in [1.165, 1.54) is 17.0 Å². The number of hydrogen-bond acceptors (Lipinski definition) is 5. The summed E-state index contributed by atoms with van der Waals surface area (Å²) in [7, 11) is 0. The molecule has 0 saturated carbocycles. The highest BCUT2D eigenvalue weighted by Gasteiger charge is 2.25. The molecule has 8 heteroatoms. The second-order valence-corrected chi connectivity index (χ2v) is 7.03. The van der Waals surface area contributed by atoms with E-state index in [2.05, 4.69) is 10.3 Å². The summed E-state index contributed by atoms with van der Waals surface area (Å²) in [6.45, 7) is 0.272. The van der Waals surface area contributed by atoms with Gasteiger partial charge in [-0.05, 0) is 35.5 Å². The van der Waals surface area contributed by atoms with Crippen molar-refractivity contribution in [1.82, 2.24) is 15.2 Å². The van der Waals surface area contributed by atoms with Gasteiger partial charge in [-0.15, -0.1) is 5.10 Å². The summed E-state index contributed by atoms with van der Waals surface area (Å²) < 4.78 is 25.9. The van der Waals surface area contributed by atoms with E-state index >= 15 is 0 Å². The Labute approximate surface area is 170 Å². The molecule has 4 aromatic rings. The Morgan fingerprint density at radius 2 is 2.00 bits per heavy atom. The zero-order valence-corrected chi connectivity index (χ0v) is 15.8. The largest absolute Gasteiger partial charge is 0.460 e. The molecule has 0 radical (unpaired) electrons. The number of hydrogen-bond donors (Lipinski definition) is 0. The quantitative estimate of drug-likeness (QED) is 0.496. The first kappa shape index (κ1) is 17.9. The highest BCUT2D eigenvalue weighted by molar-refractivity contribution is 6.31. The van der Waals surface area contributed by atoms with Crippen LogP contribution in [0.2, 0.25) is 5.02 Å². The molecule has 3 aromatic carbocycles. The molecule has 1 aliphatic rings. The summed E-state index contributed by atoms with van der Waals surface area (Å²) in [4.78, 5) is 7.03. The molecule has 1 aliphatic heterocycles. The van der Waals surface area contributed by atoms with Crippen LogP contribution in [-0.4, -0.2) is 15.2 Å². The highest BCUT2D eigenvalue weighted by atomic mass is 35.5. The third-order valence-electron chi connectivity index (χ3n) is 4.61. The fourth-order valence-electron chi connectivity index (χ4n) is 3.26. The molecule has 2 heterocycles. The van der Waals surface area contributed by atoms with E-state index in [0.717, 1.165) is 5.56 Å². The first-order valence-corrected chi connectivity index (χ1v) is 9.34. The van der Waals surface area contributed by atoms with Gasteiger partial charge in [0.05, 0.1) is 6.61 Å².